The van der Waals surface area contributed by atoms with Crippen LogP contribution in [0, 0.1) is 6.92 Å². The fraction of sp³-hybridized carbons (Fsp3) is 0.500. The Labute approximate surface area is 92.5 Å². The van der Waals surface area contributed by atoms with E-state index in [1.54, 1.807) is 6.92 Å². The third-order valence-electron chi connectivity index (χ3n) is 2.66. The van der Waals surface area contributed by atoms with Crippen LogP contribution in [-0.2, 0) is 17.6 Å². The predicted octanol–water partition coefficient (Wildman–Crippen LogP) is 3.47. The van der Waals surface area contributed by atoms with Crippen LogP contribution in [0.1, 0.15) is 43.4 Å². The summed E-state index contributed by atoms with van der Waals surface area (Å²) in [5.74, 6) is 0.232. The minimum absolute atomic E-state index is 0.232. The molecule has 15 heavy (non-hydrogen) atoms. The van der Waals surface area contributed by atoms with Gasteiger partial charge in [-0.25, -0.2) is 0 Å². The Bertz CT molecular complexity index is 339. The molecule has 0 saturated carbocycles. The minimum atomic E-state index is 0.232. The van der Waals surface area contributed by atoms with Crippen LogP contribution in [-0.4, -0.2) is 5.78 Å². The van der Waals surface area contributed by atoms with E-state index in [1.807, 2.05) is 0 Å². The van der Waals surface area contributed by atoms with Crippen molar-refractivity contribution in [2.24, 2.45) is 0 Å². The van der Waals surface area contributed by atoms with Crippen molar-refractivity contribution >= 4 is 5.78 Å². The molecule has 1 rings (SSSR count). The van der Waals surface area contributed by atoms with Crippen molar-refractivity contribution in [2.75, 3.05) is 0 Å². The highest BCUT2D eigenvalue weighted by molar-refractivity contribution is 5.78. The van der Waals surface area contributed by atoms with Crippen LogP contribution in [0.15, 0.2) is 18.2 Å². The number of Topliss-reactive ketones (excluding diaryl/α,β-unsaturated/α-hetero) is 1. The van der Waals surface area contributed by atoms with Gasteiger partial charge in [-0.1, -0.05) is 31.5 Å². The normalized spacial score (nSPS) is 10.3. The second-order valence-electron chi connectivity index (χ2n) is 4.24. The van der Waals surface area contributed by atoms with Crippen molar-refractivity contribution in [1.29, 1.82) is 0 Å². The van der Waals surface area contributed by atoms with E-state index in [0.29, 0.717) is 6.42 Å². The van der Waals surface area contributed by atoms with Crippen LogP contribution in [0.25, 0.3) is 0 Å². The number of rotatable bonds is 5. The molecular weight excluding hydrogens is 184 g/mol. The van der Waals surface area contributed by atoms with Gasteiger partial charge >= 0.3 is 0 Å². The summed E-state index contributed by atoms with van der Waals surface area (Å²) in [6.45, 7) is 5.98. The van der Waals surface area contributed by atoms with Gasteiger partial charge in [0.15, 0.2) is 0 Å². The first kappa shape index (κ1) is 12.0. The summed E-state index contributed by atoms with van der Waals surface area (Å²) < 4.78 is 0. The van der Waals surface area contributed by atoms with Crippen LogP contribution in [0.4, 0.5) is 0 Å². The number of hydrogen-bond donors (Lipinski definition) is 0. The van der Waals surface area contributed by atoms with E-state index in [0.717, 1.165) is 12.0 Å². The monoisotopic (exact) mass is 204 g/mol. The quantitative estimate of drug-likeness (QED) is 0.717. The summed E-state index contributed by atoms with van der Waals surface area (Å²) >= 11 is 0. The number of benzene rings is 1. The Kier molecular flexibility index (Phi) is 4.54. The van der Waals surface area contributed by atoms with Crippen LogP contribution in [0.5, 0.6) is 0 Å². The lowest BCUT2D eigenvalue weighted by Crippen LogP contribution is -1.98. The van der Waals surface area contributed by atoms with Gasteiger partial charge in [0.2, 0.25) is 0 Å². The van der Waals surface area contributed by atoms with Gasteiger partial charge in [-0.05, 0) is 43.4 Å². The molecule has 0 aromatic heterocycles. The molecule has 1 aromatic carbocycles. The van der Waals surface area contributed by atoms with Gasteiger partial charge in [0.25, 0.3) is 0 Å². The van der Waals surface area contributed by atoms with E-state index in [1.165, 1.54) is 24.0 Å². The summed E-state index contributed by atoms with van der Waals surface area (Å²) in [5.41, 5.74) is 3.88. The number of unbranched alkanes of at least 4 members (excludes halogenated alkanes) is 1. The average Bonchev–Trinajstić information content (AvgIpc) is 2.15. The Morgan fingerprint density at radius 1 is 1.33 bits per heavy atom. The molecule has 0 atom stereocenters. The van der Waals surface area contributed by atoms with Crippen LogP contribution < -0.4 is 0 Å². The standard InChI is InChI=1S/C14H20O/c1-4-5-6-14-8-7-13(9-11(14)2)10-12(3)15/h7-9H,4-6,10H2,1-3H3. The summed E-state index contributed by atoms with van der Waals surface area (Å²) in [6.07, 6.45) is 4.19. The molecule has 1 nitrogen and oxygen atoms in total. The van der Waals surface area contributed by atoms with Gasteiger partial charge in [0.1, 0.15) is 5.78 Å². The maximum atomic E-state index is 11.0. The zero-order chi connectivity index (χ0) is 11.3. The lowest BCUT2D eigenvalue weighted by molar-refractivity contribution is -0.116. The minimum Gasteiger partial charge on any atom is -0.300 e. The Balaban J connectivity index is 2.74. The second kappa shape index (κ2) is 5.69. The first-order valence-corrected chi connectivity index (χ1v) is 5.71. The van der Waals surface area contributed by atoms with Crippen molar-refractivity contribution in [3.63, 3.8) is 0 Å². The van der Waals surface area contributed by atoms with E-state index >= 15 is 0 Å². The Morgan fingerprint density at radius 3 is 2.60 bits per heavy atom. The topological polar surface area (TPSA) is 17.1 Å². The second-order valence-corrected chi connectivity index (χ2v) is 4.24. The highest BCUT2D eigenvalue weighted by Gasteiger charge is 2.01. The van der Waals surface area contributed by atoms with Crippen molar-refractivity contribution in [3.8, 4) is 0 Å². The lowest BCUT2D eigenvalue weighted by Gasteiger charge is -2.07. The maximum Gasteiger partial charge on any atom is 0.134 e. The molecule has 0 bridgehead atoms. The average molecular weight is 204 g/mol. The van der Waals surface area contributed by atoms with Crippen molar-refractivity contribution in [3.05, 3.63) is 34.9 Å². The first-order chi connectivity index (χ1) is 7.13. The molecule has 0 fully saturated rings. The maximum absolute atomic E-state index is 11.0. The summed E-state index contributed by atoms with van der Waals surface area (Å²) in [7, 11) is 0. The van der Waals surface area contributed by atoms with Crippen LogP contribution in [0.3, 0.4) is 0 Å². The third-order valence-corrected chi connectivity index (χ3v) is 2.66. The highest BCUT2D eigenvalue weighted by atomic mass is 16.1. The molecule has 0 heterocycles. The molecule has 0 amide bonds. The first-order valence-electron chi connectivity index (χ1n) is 5.71. The summed E-state index contributed by atoms with van der Waals surface area (Å²) in [6, 6.07) is 6.40. The highest BCUT2D eigenvalue weighted by Crippen LogP contribution is 2.14. The van der Waals surface area contributed by atoms with Gasteiger partial charge in [-0.15, -0.1) is 0 Å². The SMILES string of the molecule is CCCCc1ccc(CC(C)=O)cc1C. The fourth-order valence-corrected chi connectivity index (χ4v) is 1.80. The zero-order valence-corrected chi connectivity index (χ0v) is 9.97. The van der Waals surface area contributed by atoms with Gasteiger partial charge in [-0.3, -0.25) is 4.79 Å². The third kappa shape index (κ3) is 3.86. The smallest absolute Gasteiger partial charge is 0.134 e. The van der Waals surface area contributed by atoms with E-state index in [4.69, 9.17) is 0 Å². The molecule has 0 radical (unpaired) electrons. The number of hydrogen-bond acceptors (Lipinski definition) is 1. The van der Waals surface area contributed by atoms with Gasteiger partial charge < -0.3 is 0 Å². The number of carbonyl (C=O) groups excluding carboxylic acids is 1. The number of ketones is 1. The molecule has 82 valence electrons. The van der Waals surface area contributed by atoms with Gasteiger partial charge in [-0.2, -0.15) is 0 Å². The zero-order valence-electron chi connectivity index (χ0n) is 9.97. The lowest BCUT2D eigenvalue weighted by atomic mass is 9.99. The van der Waals surface area contributed by atoms with Gasteiger partial charge in [0.05, 0.1) is 0 Å². The van der Waals surface area contributed by atoms with E-state index in [2.05, 4.69) is 32.0 Å². The van der Waals surface area contributed by atoms with E-state index in [9.17, 15) is 4.79 Å². The Morgan fingerprint density at radius 2 is 2.07 bits per heavy atom. The van der Waals surface area contributed by atoms with E-state index < -0.39 is 0 Å². The predicted molar refractivity (Wildman–Crippen MR) is 64.2 cm³/mol. The van der Waals surface area contributed by atoms with Crippen molar-refractivity contribution < 1.29 is 4.79 Å². The molecule has 1 heteroatoms. The largest absolute Gasteiger partial charge is 0.300 e. The molecular formula is C14H20O. The van der Waals surface area contributed by atoms with E-state index in [-0.39, 0.29) is 5.78 Å². The fourth-order valence-electron chi connectivity index (χ4n) is 1.80. The molecule has 0 spiro atoms. The number of carbonyl (C=O) groups is 1. The summed E-state index contributed by atoms with van der Waals surface area (Å²) in [5, 5.41) is 0. The van der Waals surface area contributed by atoms with Crippen molar-refractivity contribution in [1.82, 2.24) is 0 Å². The Hall–Kier alpha value is -1.11. The molecule has 0 unspecified atom stereocenters. The van der Waals surface area contributed by atoms with Crippen molar-refractivity contribution in [2.45, 2.75) is 46.5 Å². The van der Waals surface area contributed by atoms with Crippen LogP contribution in [0.2, 0.25) is 0 Å². The summed E-state index contributed by atoms with van der Waals surface area (Å²) in [4.78, 5) is 11.0. The molecule has 0 aliphatic heterocycles. The molecule has 0 aliphatic carbocycles. The van der Waals surface area contributed by atoms with Gasteiger partial charge in [0, 0.05) is 6.42 Å². The molecule has 0 N–H and O–H groups in total. The number of aryl methyl sites for hydroxylation is 2. The molecule has 1 aromatic rings. The van der Waals surface area contributed by atoms with Crippen LogP contribution >= 0.6 is 0 Å². The molecule has 0 aliphatic rings. The molecule has 0 saturated heterocycles.